The van der Waals surface area contributed by atoms with Crippen molar-refractivity contribution in [3.8, 4) is 5.69 Å². The molecule has 21 heavy (non-hydrogen) atoms. The second-order valence-electron chi connectivity index (χ2n) is 5.34. The van der Waals surface area contributed by atoms with Gasteiger partial charge in [-0.1, -0.05) is 0 Å². The molecule has 1 aromatic heterocycles. The number of carbonyl (C=O) groups excluding carboxylic acids is 3. The predicted octanol–water partition coefficient (Wildman–Crippen LogP) is 1.88. The van der Waals surface area contributed by atoms with Gasteiger partial charge in [-0.15, -0.1) is 0 Å². The average Bonchev–Trinajstić information content (AvgIpc) is 3.02. The Labute approximate surface area is 120 Å². The molecule has 1 N–H and O–H groups in total. The van der Waals surface area contributed by atoms with Gasteiger partial charge in [0.1, 0.15) is 0 Å². The molecule has 2 aliphatic rings. The van der Waals surface area contributed by atoms with Crippen LogP contribution in [0.3, 0.4) is 0 Å². The van der Waals surface area contributed by atoms with Gasteiger partial charge in [0.05, 0.1) is 11.1 Å². The Hall–Kier alpha value is -2.69. The normalized spacial score (nSPS) is 16.7. The van der Waals surface area contributed by atoms with Gasteiger partial charge < -0.3 is 4.57 Å². The number of rotatable bonds is 1. The highest BCUT2D eigenvalue weighted by Crippen LogP contribution is 2.27. The molecular formula is C16H12N2O3. The fraction of sp³-hybridized carbons (Fsp3) is 0.188. The standard InChI is InChI=1S/C16H12N2O3/c19-14-3-1-2-13-11(14)6-7-18(13)9-4-5-10-12(8-9)16(21)17-15(10)20/h4-8H,1-3H2,(H,17,20,21). The molecule has 0 saturated heterocycles. The fourth-order valence-electron chi connectivity index (χ4n) is 3.07. The van der Waals surface area contributed by atoms with Gasteiger partial charge in [-0.05, 0) is 37.1 Å². The van der Waals surface area contributed by atoms with E-state index in [0.29, 0.717) is 17.5 Å². The number of aromatic nitrogens is 1. The molecule has 2 heterocycles. The number of nitrogens with one attached hydrogen (secondary N) is 1. The van der Waals surface area contributed by atoms with Crippen LogP contribution in [0.5, 0.6) is 0 Å². The summed E-state index contributed by atoms with van der Waals surface area (Å²) in [4.78, 5) is 35.2. The average molecular weight is 280 g/mol. The first kappa shape index (κ1) is 12.1. The zero-order valence-electron chi connectivity index (χ0n) is 11.2. The summed E-state index contributed by atoms with van der Waals surface area (Å²) in [5.74, 6) is -0.552. The fourth-order valence-corrected chi connectivity index (χ4v) is 3.07. The van der Waals surface area contributed by atoms with Crippen LogP contribution < -0.4 is 5.32 Å². The van der Waals surface area contributed by atoms with Crippen molar-refractivity contribution in [2.45, 2.75) is 19.3 Å². The van der Waals surface area contributed by atoms with Gasteiger partial charge in [0.2, 0.25) is 0 Å². The van der Waals surface area contributed by atoms with Crippen molar-refractivity contribution in [2.24, 2.45) is 0 Å². The Morgan fingerprint density at radius 3 is 2.57 bits per heavy atom. The van der Waals surface area contributed by atoms with Crippen LogP contribution in [-0.4, -0.2) is 22.2 Å². The van der Waals surface area contributed by atoms with Gasteiger partial charge in [-0.25, -0.2) is 0 Å². The maximum absolute atomic E-state index is 11.9. The number of fused-ring (bicyclic) bond motifs is 2. The summed E-state index contributed by atoms with van der Waals surface area (Å²) in [6, 6.07) is 6.99. The minimum absolute atomic E-state index is 0.170. The molecular weight excluding hydrogens is 268 g/mol. The Morgan fingerprint density at radius 2 is 1.71 bits per heavy atom. The van der Waals surface area contributed by atoms with Crippen molar-refractivity contribution in [2.75, 3.05) is 0 Å². The summed E-state index contributed by atoms with van der Waals surface area (Å²) in [6.07, 6.45) is 4.14. The van der Waals surface area contributed by atoms with Gasteiger partial charge in [0.15, 0.2) is 5.78 Å². The lowest BCUT2D eigenvalue weighted by Crippen LogP contribution is -2.19. The number of ketones is 1. The first-order valence-electron chi connectivity index (χ1n) is 6.88. The number of carbonyl (C=O) groups is 3. The summed E-state index contributed by atoms with van der Waals surface area (Å²) < 4.78 is 1.93. The minimum atomic E-state index is -0.367. The molecule has 0 atom stereocenters. The third-order valence-corrected chi connectivity index (χ3v) is 4.11. The summed E-state index contributed by atoms with van der Waals surface area (Å²) in [6.45, 7) is 0. The zero-order valence-corrected chi connectivity index (χ0v) is 11.2. The Morgan fingerprint density at radius 1 is 0.905 bits per heavy atom. The second kappa shape index (κ2) is 4.15. The third kappa shape index (κ3) is 1.67. The SMILES string of the molecule is O=C1NC(=O)c2cc(-n3ccc4c3CCCC4=O)ccc21. The lowest BCUT2D eigenvalue weighted by molar-refractivity contribution is 0.0878. The Balaban J connectivity index is 1.86. The Kier molecular flexibility index (Phi) is 2.39. The molecule has 0 radical (unpaired) electrons. The Bertz CT molecular complexity index is 817. The third-order valence-electron chi connectivity index (χ3n) is 4.11. The molecule has 104 valence electrons. The van der Waals surface area contributed by atoms with E-state index in [1.807, 2.05) is 16.8 Å². The molecule has 2 aromatic rings. The van der Waals surface area contributed by atoms with E-state index in [1.54, 1.807) is 18.2 Å². The zero-order chi connectivity index (χ0) is 14.6. The van der Waals surface area contributed by atoms with E-state index in [2.05, 4.69) is 5.32 Å². The van der Waals surface area contributed by atoms with Gasteiger partial charge in [0.25, 0.3) is 11.8 Å². The molecule has 0 spiro atoms. The van der Waals surface area contributed by atoms with Gasteiger partial charge >= 0.3 is 0 Å². The minimum Gasteiger partial charge on any atom is -0.320 e. The van der Waals surface area contributed by atoms with E-state index in [9.17, 15) is 14.4 Å². The highest BCUT2D eigenvalue weighted by molar-refractivity contribution is 6.21. The summed E-state index contributed by atoms with van der Waals surface area (Å²) in [7, 11) is 0. The molecule has 5 nitrogen and oxygen atoms in total. The maximum atomic E-state index is 11.9. The van der Waals surface area contributed by atoms with Crippen molar-refractivity contribution in [3.05, 3.63) is 52.8 Å². The molecule has 1 aromatic carbocycles. The molecule has 0 fully saturated rings. The number of imide groups is 1. The largest absolute Gasteiger partial charge is 0.320 e. The van der Waals surface area contributed by atoms with E-state index < -0.39 is 0 Å². The topological polar surface area (TPSA) is 68.2 Å². The molecule has 1 aliphatic heterocycles. The van der Waals surface area contributed by atoms with Crippen LogP contribution in [0.4, 0.5) is 0 Å². The van der Waals surface area contributed by atoms with Gasteiger partial charge in [0, 0.05) is 29.6 Å². The van der Waals surface area contributed by atoms with E-state index >= 15 is 0 Å². The van der Waals surface area contributed by atoms with Crippen LogP contribution in [0.1, 0.15) is 49.6 Å². The number of Topliss-reactive ketones (excluding diaryl/α,β-unsaturated/α-hetero) is 1. The van der Waals surface area contributed by atoms with Gasteiger partial charge in [-0.3, -0.25) is 19.7 Å². The number of hydrogen-bond acceptors (Lipinski definition) is 3. The van der Waals surface area contributed by atoms with Crippen molar-refractivity contribution in [1.29, 1.82) is 0 Å². The van der Waals surface area contributed by atoms with Gasteiger partial charge in [-0.2, -0.15) is 0 Å². The number of hydrogen-bond donors (Lipinski definition) is 1. The highest BCUT2D eigenvalue weighted by Gasteiger charge is 2.27. The van der Waals surface area contributed by atoms with Crippen molar-refractivity contribution in [3.63, 3.8) is 0 Å². The number of benzene rings is 1. The van der Waals surface area contributed by atoms with Crippen LogP contribution in [0.2, 0.25) is 0 Å². The predicted molar refractivity (Wildman–Crippen MR) is 74.8 cm³/mol. The number of amides is 2. The molecule has 1 aliphatic carbocycles. The first-order valence-corrected chi connectivity index (χ1v) is 6.88. The van der Waals surface area contributed by atoms with Crippen LogP contribution in [-0.2, 0) is 6.42 Å². The van der Waals surface area contributed by atoms with Crippen molar-refractivity contribution in [1.82, 2.24) is 9.88 Å². The van der Waals surface area contributed by atoms with Crippen LogP contribution in [0.15, 0.2) is 30.5 Å². The highest BCUT2D eigenvalue weighted by atomic mass is 16.2. The summed E-state index contributed by atoms with van der Waals surface area (Å²) >= 11 is 0. The van der Waals surface area contributed by atoms with E-state index in [4.69, 9.17) is 0 Å². The van der Waals surface area contributed by atoms with Crippen LogP contribution in [0.25, 0.3) is 5.69 Å². The molecule has 5 heteroatoms. The summed E-state index contributed by atoms with van der Waals surface area (Å²) in [5.41, 5.74) is 3.34. The first-order chi connectivity index (χ1) is 10.1. The molecule has 4 rings (SSSR count). The monoisotopic (exact) mass is 280 g/mol. The van der Waals surface area contributed by atoms with Crippen LogP contribution in [0, 0.1) is 0 Å². The lowest BCUT2D eigenvalue weighted by Gasteiger charge is -2.15. The second-order valence-corrected chi connectivity index (χ2v) is 5.34. The molecule has 0 saturated carbocycles. The smallest absolute Gasteiger partial charge is 0.259 e. The maximum Gasteiger partial charge on any atom is 0.259 e. The quantitative estimate of drug-likeness (QED) is 0.811. The van der Waals surface area contributed by atoms with E-state index in [0.717, 1.165) is 29.8 Å². The molecule has 0 unspecified atom stereocenters. The number of nitrogens with zero attached hydrogens (tertiary/aromatic N) is 1. The lowest BCUT2D eigenvalue weighted by atomic mass is 9.96. The van der Waals surface area contributed by atoms with E-state index in [1.165, 1.54) is 0 Å². The van der Waals surface area contributed by atoms with Crippen LogP contribution >= 0.6 is 0 Å². The molecule has 0 bridgehead atoms. The van der Waals surface area contributed by atoms with Crippen molar-refractivity contribution >= 4 is 17.6 Å². The molecule has 2 amide bonds. The van der Waals surface area contributed by atoms with E-state index in [-0.39, 0.29) is 17.6 Å². The summed E-state index contributed by atoms with van der Waals surface area (Å²) in [5, 5.41) is 2.28. The van der Waals surface area contributed by atoms with Crippen molar-refractivity contribution < 1.29 is 14.4 Å².